The van der Waals surface area contributed by atoms with E-state index >= 15 is 0 Å². The second-order valence-corrected chi connectivity index (χ2v) is 8.18. The molecule has 3 aromatic carbocycles. The number of anilines is 1. The number of nitrogens with zero attached hydrogens (tertiary/aromatic N) is 3. The number of benzene rings is 3. The first-order valence-corrected chi connectivity index (χ1v) is 11.0. The Labute approximate surface area is 204 Å². The van der Waals surface area contributed by atoms with Gasteiger partial charge in [0.1, 0.15) is 0 Å². The largest absolute Gasteiger partial charge is 0.494 e. The number of aromatic hydroxyl groups is 1. The molecule has 0 unspecified atom stereocenters. The molecule has 1 heterocycles. The minimum Gasteiger partial charge on any atom is -0.494 e. The van der Waals surface area contributed by atoms with E-state index in [0.717, 1.165) is 16.6 Å². The zero-order chi connectivity index (χ0) is 25.1. The average molecular weight is 473 g/mol. The molecule has 35 heavy (non-hydrogen) atoms. The minimum atomic E-state index is -0.126. The Balaban J connectivity index is 1.85. The summed E-state index contributed by atoms with van der Waals surface area (Å²) in [6.45, 7) is 0. The second kappa shape index (κ2) is 9.80. The van der Waals surface area contributed by atoms with Crippen molar-refractivity contribution in [2.24, 2.45) is 4.99 Å². The molecule has 8 heteroatoms. The van der Waals surface area contributed by atoms with Crippen molar-refractivity contribution in [2.45, 2.75) is 0 Å². The van der Waals surface area contributed by atoms with Gasteiger partial charge in [0, 0.05) is 43.8 Å². The molecule has 0 saturated carbocycles. The summed E-state index contributed by atoms with van der Waals surface area (Å²) in [5.74, 6) is 1.09. The quantitative estimate of drug-likeness (QED) is 0.379. The van der Waals surface area contributed by atoms with E-state index in [1.165, 1.54) is 4.90 Å². The Kier molecular flexibility index (Phi) is 6.64. The molecule has 0 fully saturated rings. The van der Waals surface area contributed by atoms with Crippen LogP contribution in [0.2, 0.25) is 0 Å². The molecule has 4 rings (SSSR count). The number of carbonyl (C=O) groups is 1. The van der Waals surface area contributed by atoms with Crippen LogP contribution in [0.3, 0.4) is 0 Å². The fraction of sp³-hybridized carbons (Fsp3) is 0.185. The molecular weight excluding hydrogens is 444 g/mol. The summed E-state index contributed by atoms with van der Waals surface area (Å²) in [7, 11) is 8.28. The fourth-order valence-corrected chi connectivity index (χ4v) is 3.90. The lowest BCUT2D eigenvalue weighted by Crippen LogP contribution is -2.36. The van der Waals surface area contributed by atoms with Crippen LogP contribution in [0.4, 0.5) is 16.2 Å². The van der Waals surface area contributed by atoms with Crippen LogP contribution >= 0.6 is 0 Å². The molecule has 180 valence electrons. The topological polar surface area (TPSA) is 90.4 Å². The number of H-pyrrole nitrogens is 1. The highest BCUT2D eigenvalue weighted by atomic mass is 16.5. The molecule has 0 bridgehead atoms. The van der Waals surface area contributed by atoms with Crippen molar-refractivity contribution in [1.29, 1.82) is 0 Å². The van der Waals surface area contributed by atoms with Gasteiger partial charge in [0.15, 0.2) is 17.4 Å². The van der Waals surface area contributed by atoms with E-state index < -0.39 is 0 Å². The van der Waals surface area contributed by atoms with Gasteiger partial charge >= 0.3 is 6.03 Å². The lowest BCUT2D eigenvalue weighted by molar-refractivity contribution is 0.225. The molecule has 1 aromatic heterocycles. The second-order valence-electron chi connectivity index (χ2n) is 8.18. The van der Waals surface area contributed by atoms with Crippen LogP contribution in [0.5, 0.6) is 17.4 Å². The Morgan fingerprint density at radius 2 is 1.54 bits per heavy atom. The van der Waals surface area contributed by atoms with Gasteiger partial charge in [-0.3, -0.25) is 4.90 Å². The summed E-state index contributed by atoms with van der Waals surface area (Å²) in [5, 5.41) is 11.7. The van der Waals surface area contributed by atoms with Crippen LogP contribution in [-0.4, -0.2) is 62.1 Å². The van der Waals surface area contributed by atoms with Gasteiger partial charge in [-0.05, 0) is 30.3 Å². The third-order valence-corrected chi connectivity index (χ3v) is 5.71. The summed E-state index contributed by atoms with van der Waals surface area (Å²) in [4.78, 5) is 23.3. The maximum absolute atomic E-state index is 12.3. The van der Waals surface area contributed by atoms with Crippen LogP contribution in [0, 0.1) is 0 Å². The molecule has 2 N–H and O–H groups in total. The van der Waals surface area contributed by atoms with Crippen LogP contribution in [0.1, 0.15) is 11.1 Å². The van der Waals surface area contributed by atoms with E-state index in [-0.39, 0.29) is 11.9 Å². The van der Waals surface area contributed by atoms with Gasteiger partial charge in [0.25, 0.3) is 0 Å². The van der Waals surface area contributed by atoms with E-state index in [1.54, 1.807) is 46.3 Å². The highest BCUT2D eigenvalue weighted by molar-refractivity contribution is 6.22. The Hall–Kier alpha value is -4.46. The monoisotopic (exact) mass is 472 g/mol. The molecule has 0 radical (unpaired) electrons. The number of hydrogen-bond donors (Lipinski definition) is 2. The molecule has 0 aliphatic heterocycles. The third kappa shape index (κ3) is 4.63. The Morgan fingerprint density at radius 1 is 0.914 bits per heavy atom. The van der Waals surface area contributed by atoms with Gasteiger partial charge in [0.2, 0.25) is 0 Å². The average Bonchev–Trinajstić information content (AvgIpc) is 3.20. The number of hydrogen-bond acceptors (Lipinski definition) is 5. The third-order valence-electron chi connectivity index (χ3n) is 5.71. The highest BCUT2D eigenvalue weighted by Gasteiger charge is 2.21. The van der Waals surface area contributed by atoms with Crippen molar-refractivity contribution in [2.75, 3.05) is 40.3 Å². The standard InChI is InChI=1S/C27H28N4O4/c1-30(2)27(33)31(3)19-13-11-18(12-14-19)28-25(17-9-7-6-8-10-17)24-20-15-22(34-4)23(35-5)16-21(20)29-26(24)32/h6-16,29,32H,1-5H3. The first-order valence-electron chi connectivity index (χ1n) is 11.0. The summed E-state index contributed by atoms with van der Waals surface area (Å²) in [6, 6.07) is 20.5. The van der Waals surface area contributed by atoms with Gasteiger partial charge in [0.05, 0.1) is 36.7 Å². The van der Waals surface area contributed by atoms with E-state index in [9.17, 15) is 9.90 Å². The predicted octanol–water partition coefficient (Wildman–Crippen LogP) is 5.18. The maximum atomic E-state index is 12.3. The molecule has 0 atom stereocenters. The predicted molar refractivity (Wildman–Crippen MR) is 139 cm³/mol. The van der Waals surface area contributed by atoms with E-state index in [4.69, 9.17) is 14.5 Å². The van der Waals surface area contributed by atoms with Crippen molar-refractivity contribution in [3.05, 3.63) is 77.9 Å². The molecule has 8 nitrogen and oxygen atoms in total. The number of aromatic amines is 1. The molecule has 2 amide bonds. The lowest BCUT2D eigenvalue weighted by Gasteiger charge is -2.21. The van der Waals surface area contributed by atoms with Gasteiger partial charge in [-0.25, -0.2) is 9.79 Å². The van der Waals surface area contributed by atoms with Crippen molar-refractivity contribution in [1.82, 2.24) is 9.88 Å². The molecule has 4 aromatic rings. The molecule has 0 aliphatic carbocycles. The van der Waals surface area contributed by atoms with Crippen LogP contribution in [-0.2, 0) is 0 Å². The number of methoxy groups -OCH3 is 2. The molecular formula is C27H28N4O4. The van der Waals surface area contributed by atoms with Crippen molar-refractivity contribution >= 4 is 34.0 Å². The number of aliphatic imine (C=N–C) groups is 1. The maximum Gasteiger partial charge on any atom is 0.323 e. The summed E-state index contributed by atoms with van der Waals surface area (Å²) in [6.07, 6.45) is 0. The van der Waals surface area contributed by atoms with Gasteiger partial charge in [-0.15, -0.1) is 0 Å². The number of carbonyl (C=O) groups excluding carboxylic acids is 1. The van der Waals surface area contributed by atoms with Crippen molar-refractivity contribution in [3.8, 4) is 17.4 Å². The Morgan fingerprint density at radius 3 is 2.14 bits per heavy atom. The van der Waals surface area contributed by atoms with Gasteiger partial charge < -0.3 is 24.5 Å². The van der Waals surface area contributed by atoms with Crippen molar-refractivity contribution in [3.63, 3.8) is 0 Å². The van der Waals surface area contributed by atoms with Crippen LogP contribution < -0.4 is 14.4 Å². The zero-order valence-corrected chi connectivity index (χ0v) is 20.4. The lowest BCUT2D eigenvalue weighted by atomic mass is 10.0. The molecule has 0 spiro atoms. The van der Waals surface area contributed by atoms with Crippen LogP contribution in [0.25, 0.3) is 10.9 Å². The first kappa shape index (κ1) is 23.7. The van der Waals surface area contributed by atoms with Crippen LogP contribution in [0.15, 0.2) is 71.7 Å². The minimum absolute atomic E-state index is 0.00848. The number of aromatic nitrogens is 1. The van der Waals surface area contributed by atoms with Gasteiger partial charge in [-0.2, -0.15) is 0 Å². The summed E-state index contributed by atoms with van der Waals surface area (Å²) < 4.78 is 10.9. The van der Waals surface area contributed by atoms with Crippen molar-refractivity contribution < 1.29 is 19.4 Å². The SMILES string of the molecule is COc1cc2[nH]c(O)c(C(=Nc3ccc(N(C)C(=O)N(C)C)cc3)c3ccccc3)c2cc1OC. The number of ether oxygens (including phenoxy) is 2. The van der Waals surface area contributed by atoms with E-state index in [2.05, 4.69) is 4.98 Å². The zero-order valence-electron chi connectivity index (χ0n) is 20.4. The number of amides is 2. The number of rotatable bonds is 6. The highest BCUT2D eigenvalue weighted by Crippen LogP contribution is 2.38. The first-order chi connectivity index (χ1) is 16.8. The summed E-state index contributed by atoms with van der Waals surface area (Å²) in [5.41, 5.74) is 4.09. The molecule has 0 aliphatic rings. The number of nitrogens with one attached hydrogen (secondary N) is 1. The smallest absolute Gasteiger partial charge is 0.323 e. The van der Waals surface area contributed by atoms with E-state index in [0.29, 0.717) is 34.0 Å². The normalized spacial score (nSPS) is 11.4. The van der Waals surface area contributed by atoms with Gasteiger partial charge in [-0.1, -0.05) is 30.3 Å². The fourth-order valence-electron chi connectivity index (χ4n) is 3.90. The number of urea groups is 1. The molecule has 0 saturated heterocycles. The number of fused-ring (bicyclic) bond motifs is 1. The summed E-state index contributed by atoms with van der Waals surface area (Å²) >= 11 is 0. The van der Waals surface area contributed by atoms with E-state index in [1.807, 2.05) is 60.7 Å². The Bertz CT molecular complexity index is 1380.